The van der Waals surface area contributed by atoms with E-state index in [0.717, 1.165) is 10.6 Å². The number of pyridine rings is 1. The van der Waals surface area contributed by atoms with E-state index in [0.29, 0.717) is 5.56 Å². The molecule has 41 heavy (non-hydrogen) atoms. The van der Waals surface area contributed by atoms with Gasteiger partial charge in [0.2, 0.25) is 0 Å². The molecule has 0 radical (unpaired) electrons. The van der Waals surface area contributed by atoms with Crippen LogP contribution in [-0.2, 0) is 18.9 Å². The van der Waals surface area contributed by atoms with Gasteiger partial charge in [0.25, 0.3) is 5.56 Å². The summed E-state index contributed by atoms with van der Waals surface area (Å²) < 4.78 is 24.3. The molecule has 0 spiro atoms. The Labute approximate surface area is 234 Å². The molecular weight excluding hydrogens is 530 g/mol. The molecule has 1 N–H and O–H groups in total. The van der Waals surface area contributed by atoms with Crippen LogP contribution in [0.1, 0.15) is 37.3 Å². The van der Waals surface area contributed by atoms with Gasteiger partial charge in [-0.25, -0.2) is 14.4 Å². The number of nitrogens with zero attached hydrogens (tertiary/aromatic N) is 1. The fraction of sp³-hybridized carbons (Fsp3) is 0.161. The molecule has 1 saturated heterocycles. The Balaban J connectivity index is 1.49. The number of esters is 3. The largest absolute Gasteiger partial charge is 0.508 e. The maximum atomic E-state index is 13.1. The van der Waals surface area contributed by atoms with Gasteiger partial charge in [-0.15, -0.1) is 0 Å². The van der Waals surface area contributed by atoms with Gasteiger partial charge in [-0.2, -0.15) is 0 Å². The van der Waals surface area contributed by atoms with Gasteiger partial charge in [-0.05, 0) is 42.5 Å². The fourth-order valence-corrected chi connectivity index (χ4v) is 4.37. The summed E-state index contributed by atoms with van der Waals surface area (Å²) in [5.41, 5.74) is 0.0785. The molecular formula is C31H25NO9. The van der Waals surface area contributed by atoms with Crippen molar-refractivity contribution in [3.05, 3.63) is 136 Å². The van der Waals surface area contributed by atoms with Gasteiger partial charge in [-0.3, -0.25) is 9.36 Å². The first-order valence-electron chi connectivity index (χ1n) is 12.7. The zero-order valence-electron chi connectivity index (χ0n) is 21.6. The molecule has 208 valence electrons. The van der Waals surface area contributed by atoms with E-state index in [1.807, 2.05) is 0 Å². The minimum Gasteiger partial charge on any atom is -0.508 e. The lowest BCUT2D eigenvalue weighted by Crippen LogP contribution is -2.42. The summed E-state index contributed by atoms with van der Waals surface area (Å²) in [7, 11) is 0. The van der Waals surface area contributed by atoms with E-state index in [4.69, 9.17) is 18.9 Å². The molecule has 2 heterocycles. The molecule has 3 aromatic carbocycles. The van der Waals surface area contributed by atoms with Gasteiger partial charge < -0.3 is 24.1 Å². The van der Waals surface area contributed by atoms with Gasteiger partial charge >= 0.3 is 17.9 Å². The molecule has 0 amide bonds. The zero-order valence-corrected chi connectivity index (χ0v) is 21.6. The van der Waals surface area contributed by atoms with Crippen LogP contribution in [0.25, 0.3) is 0 Å². The van der Waals surface area contributed by atoms with Crippen LogP contribution in [0, 0.1) is 0 Å². The van der Waals surface area contributed by atoms with Gasteiger partial charge in [0.1, 0.15) is 18.5 Å². The number of benzene rings is 3. The standard InChI is InChI=1S/C31H25NO9/c33-23-16-17-32(25(34)18-23)28-27(41-31(37)22-14-8-3-9-15-22)26(40-30(36)21-12-6-2-7-13-21)24(39-28)19-38-29(35)20-10-4-1-5-11-20/h1-18,24,26-28,33H,19H2/t24-,26-,27-,28-/m1/s1. The first kappa shape index (κ1) is 27.4. The molecule has 0 unspecified atom stereocenters. The fourth-order valence-electron chi connectivity index (χ4n) is 4.37. The second kappa shape index (κ2) is 12.3. The summed E-state index contributed by atoms with van der Waals surface area (Å²) in [5, 5.41) is 9.78. The van der Waals surface area contributed by atoms with E-state index in [-0.39, 0.29) is 23.5 Å². The van der Waals surface area contributed by atoms with Crippen molar-refractivity contribution in [1.29, 1.82) is 0 Å². The normalized spacial score (nSPS) is 19.7. The van der Waals surface area contributed by atoms with Crippen molar-refractivity contribution in [2.45, 2.75) is 24.5 Å². The highest BCUT2D eigenvalue weighted by atomic mass is 16.7. The minimum absolute atomic E-state index is 0.219. The Hall–Kier alpha value is -5.22. The molecule has 5 rings (SSSR count). The first-order chi connectivity index (χ1) is 19.9. The molecule has 1 aliphatic rings. The van der Waals surface area contributed by atoms with E-state index >= 15 is 0 Å². The van der Waals surface area contributed by atoms with Crippen molar-refractivity contribution in [2.24, 2.45) is 0 Å². The second-order valence-electron chi connectivity index (χ2n) is 9.13. The first-order valence-corrected chi connectivity index (χ1v) is 12.7. The second-order valence-corrected chi connectivity index (χ2v) is 9.13. The molecule has 1 aliphatic heterocycles. The zero-order chi connectivity index (χ0) is 28.8. The third-order valence-electron chi connectivity index (χ3n) is 6.38. The Morgan fingerprint density at radius 1 is 0.707 bits per heavy atom. The van der Waals surface area contributed by atoms with Gasteiger partial charge in [0, 0.05) is 12.3 Å². The van der Waals surface area contributed by atoms with Crippen LogP contribution < -0.4 is 5.56 Å². The topological polar surface area (TPSA) is 130 Å². The average molecular weight is 556 g/mol. The Kier molecular flexibility index (Phi) is 8.21. The summed E-state index contributed by atoms with van der Waals surface area (Å²) in [5.74, 6) is -2.41. The van der Waals surface area contributed by atoms with Crippen LogP contribution in [0.15, 0.2) is 114 Å². The summed E-state index contributed by atoms with van der Waals surface area (Å²) in [4.78, 5) is 51.8. The molecule has 4 aromatic rings. The van der Waals surface area contributed by atoms with E-state index in [1.165, 1.54) is 12.3 Å². The Bertz CT molecular complexity index is 1570. The summed E-state index contributed by atoms with van der Waals surface area (Å²) in [6.07, 6.45) is -3.78. The third kappa shape index (κ3) is 6.34. The summed E-state index contributed by atoms with van der Waals surface area (Å²) >= 11 is 0. The van der Waals surface area contributed by atoms with Crippen LogP contribution >= 0.6 is 0 Å². The van der Waals surface area contributed by atoms with E-state index in [9.17, 15) is 24.3 Å². The van der Waals surface area contributed by atoms with E-state index in [2.05, 4.69) is 0 Å². The van der Waals surface area contributed by atoms with Gasteiger partial charge in [-0.1, -0.05) is 54.6 Å². The smallest absolute Gasteiger partial charge is 0.338 e. The average Bonchev–Trinajstić information content (AvgIpc) is 3.33. The third-order valence-corrected chi connectivity index (χ3v) is 6.38. The number of hydrogen-bond acceptors (Lipinski definition) is 9. The Morgan fingerprint density at radius 3 is 1.71 bits per heavy atom. The minimum atomic E-state index is -1.34. The van der Waals surface area contributed by atoms with Gasteiger partial charge in [0.05, 0.1) is 16.7 Å². The lowest BCUT2D eigenvalue weighted by molar-refractivity contribution is -0.0635. The van der Waals surface area contributed by atoms with E-state index in [1.54, 1.807) is 91.0 Å². The molecule has 1 fully saturated rings. The van der Waals surface area contributed by atoms with Crippen molar-refractivity contribution in [1.82, 2.24) is 4.57 Å². The van der Waals surface area contributed by atoms with Crippen LogP contribution in [0.4, 0.5) is 0 Å². The lowest BCUT2D eigenvalue weighted by Gasteiger charge is -2.25. The number of aromatic nitrogens is 1. The Morgan fingerprint density at radius 2 is 1.20 bits per heavy atom. The highest BCUT2D eigenvalue weighted by Crippen LogP contribution is 2.35. The van der Waals surface area contributed by atoms with Crippen LogP contribution in [0.5, 0.6) is 5.75 Å². The predicted molar refractivity (Wildman–Crippen MR) is 144 cm³/mol. The highest BCUT2D eigenvalue weighted by Gasteiger charge is 2.51. The summed E-state index contributed by atoms with van der Waals surface area (Å²) in [6, 6.07) is 26.8. The number of carbonyl (C=O) groups excluding carboxylic acids is 3. The maximum absolute atomic E-state index is 13.1. The van der Waals surface area contributed by atoms with Crippen LogP contribution in [-0.4, -0.2) is 52.5 Å². The number of hydrogen-bond donors (Lipinski definition) is 1. The number of ether oxygens (including phenoxy) is 4. The SMILES string of the molecule is O=C(OC[C@H]1O[C@@H](n2ccc(O)cc2=O)[C@H](OC(=O)c2ccccc2)[C@@H]1OC(=O)c1ccccc1)c1ccccc1. The van der Waals surface area contributed by atoms with E-state index < -0.39 is 48.0 Å². The molecule has 0 aliphatic carbocycles. The number of aromatic hydroxyl groups is 1. The maximum Gasteiger partial charge on any atom is 0.338 e. The highest BCUT2D eigenvalue weighted by molar-refractivity contribution is 5.91. The lowest BCUT2D eigenvalue weighted by atomic mass is 10.1. The summed E-state index contributed by atoms with van der Waals surface area (Å²) in [6.45, 7) is -0.386. The predicted octanol–water partition coefficient (Wildman–Crippen LogP) is 3.76. The molecule has 10 nitrogen and oxygen atoms in total. The van der Waals surface area contributed by atoms with Crippen LogP contribution in [0.3, 0.4) is 0 Å². The van der Waals surface area contributed by atoms with Gasteiger partial charge in [0.15, 0.2) is 18.4 Å². The van der Waals surface area contributed by atoms with Crippen molar-refractivity contribution >= 4 is 17.9 Å². The monoisotopic (exact) mass is 555 g/mol. The van der Waals surface area contributed by atoms with Crippen molar-refractivity contribution in [2.75, 3.05) is 6.61 Å². The molecule has 0 bridgehead atoms. The quantitative estimate of drug-likeness (QED) is 0.255. The molecule has 1 aromatic heterocycles. The van der Waals surface area contributed by atoms with Crippen molar-refractivity contribution < 1.29 is 38.4 Å². The molecule has 4 atom stereocenters. The number of rotatable bonds is 8. The molecule has 0 saturated carbocycles. The molecule has 10 heteroatoms. The number of carbonyl (C=O) groups is 3. The van der Waals surface area contributed by atoms with Crippen molar-refractivity contribution in [3.63, 3.8) is 0 Å². The van der Waals surface area contributed by atoms with Crippen LogP contribution in [0.2, 0.25) is 0 Å². The van der Waals surface area contributed by atoms with Crippen molar-refractivity contribution in [3.8, 4) is 5.75 Å².